The number of rotatable bonds is 13. The number of esters is 1. The standard InChI is InChI=1S/C54H73FN8O8S/c1-8-69-49-47(58-50(64)45-31(2)32(45)3)52(65)63-16-9-10-41(59-63)53(66)71-30-54(5,6)26-39-37-24-34(42-29-72-51(49)57-42)11-14-43(37)62(21-23-70-44-15-22-68-28-40(44)55)48(39)38-25-36(27-56-46(38)33(4)67-7)61-19-17-60(18-20-61)35-12-13-35/h11,14,24-25,27,29,31-33,35,40-41,44-45,47,49,59H,8-10,12-13,15-23,26,28,30H2,1-7H3,(H,58,64)/t31-,32+,33-,40+,41-,44-,45?,47-,49-/m0/s1. The number of hydrazine groups is 1. The fourth-order valence-corrected chi connectivity index (χ4v) is 12.3. The molecule has 2 N–H and O–H groups in total. The highest BCUT2D eigenvalue weighted by molar-refractivity contribution is 7.10. The first-order valence-electron chi connectivity index (χ1n) is 26.4. The molecule has 1 unspecified atom stereocenters. The number of methoxy groups -OCH3 is 1. The van der Waals surface area contributed by atoms with Gasteiger partial charge in [-0.2, -0.15) is 0 Å². The highest BCUT2D eigenvalue weighted by atomic mass is 32.1. The zero-order valence-electron chi connectivity index (χ0n) is 43.0. The number of amides is 2. The molecule has 4 aromatic rings. The van der Waals surface area contributed by atoms with E-state index < -0.39 is 47.8 Å². The lowest BCUT2D eigenvalue weighted by Gasteiger charge is -2.37. The predicted octanol–water partition coefficient (Wildman–Crippen LogP) is 7.05. The number of nitrogens with one attached hydrogen (secondary N) is 2. The number of fused-ring (bicyclic) bond motifs is 6. The van der Waals surface area contributed by atoms with E-state index >= 15 is 4.39 Å². The van der Waals surface area contributed by atoms with E-state index in [-0.39, 0.29) is 56.2 Å². The van der Waals surface area contributed by atoms with Crippen molar-refractivity contribution in [3.05, 3.63) is 52.1 Å². The third-order valence-electron chi connectivity index (χ3n) is 16.1. The molecule has 9 atom stereocenters. The van der Waals surface area contributed by atoms with Gasteiger partial charge in [-0.25, -0.2) is 14.8 Å². The van der Waals surface area contributed by atoms with Gasteiger partial charge in [-0.15, -0.1) is 11.3 Å². The Hall–Kier alpha value is -4.56. The summed E-state index contributed by atoms with van der Waals surface area (Å²) < 4.78 is 48.0. The summed E-state index contributed by atoms with van der Waals surface area (Å²) in [6.07, 6.45) is 3.48. The Balaban J connectivity index is 1.12. The predicted molar refractivity (Wildman–Crippen MR) is 273 cm³/mol. The van der Waals surface area contributed by atoms with Crippen LogP contribution in [-0.4, -0.2) is 145 Å². The molecule has 18 heteroatoms. The molecule has 2 aliphatic carbocycles. The molecular formula is C54H73FN8O8S. The second kappa shape index (κ2) is 21.4. The molecule has 0 spiro atoms. The fraction of sp³-hybridized carbons (Fsp3) is 0.648. The van der Waals surface area contributed by atoms with E-state index in [4.69, 9.17) is 33.7 Å². The maximum atomic E-state index is 15.2. The second-order valence-corrected chi connectivity index (χ2v) is 22.6. The fourth-order valence-electron chi connectivity index (χ4n) is 11.4. The van der Waals surface area contributed by atoms with E-state index in [1.807, 2.05) is 39.3 Å². The smallest absolute Gasteiger partial charge is 0.324 e. The average Bonchev–Trinajstić information content (AvgIpc) is 4.25. The minimum absolute atomic E-state index is 0.0178. The number of carbonyl (C=O) groups excluding carboxylic acids is 3. The Labute approximate surface area is 426 Å². The lowest BCUT2D eigenvalue weighted by molar-refractivity contribution is -0.156. The number of nitrogens with zero attached hydrogens (tertiary/aromatic N) is 6. The summed E-state index contributed by atoms with van der Waals surface area (Å²) in [5, 5.41) is 8.07. The summed E-state index contributed by atoms with van der Waals surface area (Å²) in [6, 6.07) is 7.43. The summed E-state index contributed by atoms with van der Waals surface area (Å²) in [7, 11) is 1.70. The van der Waals surface area contributed by atoms with Crippen molar-refractivity contribution in [2.24, 2.45) is 23.2 Å². The molecule has 1 aromatic carbocycles. The summed E-state index contributed by atoms with van der Waals surface area (Å²) >= 11 is 1.39. The molecule has 10 rings (SSSR count). The van der Waals surface area contributed by atoms with Crippen molar-refractivity contribution in [1.29, 1.82) is 0 Å². The first-order chi connectivity index (χ1) is 34.7. The van der Waals surface area contributed by atoms with Crippen LogP contribution in [0.25, 0.3) is 33.4 Å². The number of carbonyl (C=O) groups is 3. The minimum atomic E-state index is -1.21. The van der Waals surface area contributed by atoms with Crippen LogP contribution in [0.4, 0.5) is 10.1 Å². The summed E-state index contributed by atoms with van der Waals surface area (Å²) in [5.41, 5.74) is 9.83. The Morgan fingerprint density at radius 1 is 1.06 bits per heavy atom. The van der Waals surface area contributed by atoms with E-state index in [2.05, 4.69) is 63.2 Å². The number of cyclic esters (lactones) is 1. The van der Waals surface area contributed by atoms with Crippen LogP contribution in [-0.2, 0) is 51.0 Å². The third-order valence-corrected chi connectivity index (χ3v) is 17.0. The van der Waals surface area contributed by atoms with Crippen molar-refractivity contribution in [2.75, 3.05) is 77.8 Å². The van der Waals surface area contributed by atoms with E-state index in [0.29, 0.717) is 62.1 Å². The zero-order valence-corrected chi connectivity index (χ0v) is 43.8. The molecule has 6 aliphatic rings. The number of hydrogen-bond acceptors (Lipinski definition) is 14. The number of piperazine rings is 1. The maximum absolute atomic E-state index is 15.2. The number of aromatic nitrogens is 3. The van der Waals surface area contributed by atoms with Gasteiger partial charge in [0.1, 0.15) is 29.4 Å². The Morgan fingerprint density at radius 2 is 1.85 bits per heavy atom. The van der Waals surface area contributed by atoms with Gasteiger partial charge < -0.3 is 38.5 Å². The van der Waals surface area contributed by atoms with Crippen molar-refractivity contribution in [1.82, 2.24) is 35.2 Å². The average molecular weight is 1010 g/mol. The van der Waals surface area contributed by atoms with Gasteiger partial charge in [0.2, 0.25) is 5.91 Å². The number of alkyl halides is 1. The van der Waals surface area contributed by atoms with E-state index in [9.17, 15) is 14.4 Å². The first kappa shape index (κ1) is 50.9. The number of halogens is 1. The molecule has 16 nitrogen and oxygen atoms in total. The van der Waals surface area contributed by atoms with Crippen LogP contribution in [0.15, 0.2) is 35.8 Å². The summed E-state index contributed by atoms with van der Waals surface area (Å²) in [5.74, 6) is -0.899. The van der Waals surface area contributed by atoms with Gasteiger partial charge >= 0.3 is 5.97 Å². The van der Waals surface area contributed by atoms with Crippen LogP contribution >= 0.6 is 11.3 Å². The number of thiazole rings is 1. The van der Waals surface area contributed by atoms with Gasteiger partial charge in [0.05, 0.1) is 61.0 Å². The van der Waals surface area contributed by atoms with Gasteiger partial charge in [-0.1, -0.05) is 33.8 Å². The molecule has 4 aliphatic heterocycles. The Kier molecular flexibility index (Phi) is 15.1. The molecule has 2 saturated carbocycles. The van der Waals surface area contributed by atoms with Gasteiger partial charge in [0.25, 0.3) is 5.91 Å². The van der Waals surface area contributed by atoms with Crippen LogP contribution in [0.2, 0.25) is 0 Å². The van der Waals surface area contributed by atoms with Crippen molar-refractivity contribution in [2.45, 2.75) is 129 Å². The number of hydrogen-bond donors (Lipinski definition) is 2. The maximum Gasteiger partial charge on any atom is 0.324 e. The molecule has 72 heavy (non-hydrogen) atoms. The van der Waals surface area contributed by atoms with Gasteiger partial charge in [0.15, 0.2) is 0 Å². The molecule has 7 heterocycles. The lowest BCUT2D eigenvalue weighted by Crippen LogP contribution is -2.61. The molecule has 6 bridgehead atoms. The van der Waals surface area contributed by atoms with Gasteiger partial charge in [-0.3, -0.25) is 29.3 Å². The molecule has 0 radical (unpaired) electrons. The topological polar surface area (TPSA) is 162 Å². The Morgan fingerprint density at radius 3 is 2.57 bits per heavy atom. The molecule has 5 fully saturated rings. The zero-order chi connectivity index (χ0) is 50.4. The quantitative estimate of drug-likeness (QED) is 0.131. The summed E-state index contributed by atoms with van der Waals surface area (Å²) in [6.45, 7) is 17.8. The highest BCUT2D eigenvalue weighted by Gasteiger charge is 2.50. The van der Waals surface area contributed by atoms with Crippen LogP contribution < -0.4 is 15.6 Å². The first-order valence-corrected chi connectivity index (χ1v) is 27.2. The van der Waals surface area contributed by atoms with Crippen molar-refractivity contribution in [3.63, 3.8) is 0 Å². The van der Waals surface area contributed by atoms with Crippen molar-refractivity contribution in [3.8, 4) is 22.5 Å². The molecule has 390 valence electrons. The van der Waals surface area contributed by atoms with E-state index in [1.165, 1.54) is 29.2 Å². The van der Waals surface area contributed by atoms with Crippen LogP contribution in [0.3, 0.4) is 0 Å². The van der Waals surface area contributed by atoms with Gasteiger partial charge in [-0.05, 0) is 88.0 Å². The van der Waals surface area contributed by atoms with Crippen LogP contribution in [0.5, 0.6) is 0 Å². The lowest BCUT2D eigenvalue weighted by atomic mass is 9.84. The van der Waals surface area contributed by atoms with Crippen LogP contribution in [0, 0.1) is 23.2 Å². The second-order valence-electron chi connectivity index (χ2n) is 21.7. The molecule has 2 amide bonds. The van der Waals surface area contributed by atoms with Crippen LogP contribution in [0.1, 0.15) is 102 Å². The largest absolute Gasteiger partial charge is 0.464 e. The molecular weight excluding hydrogens is 940 g/mol. The molecule has 3 saturated heterocycles. The van der Waals surface area contributed by atoms with Crippen molar-refractivity contribution >= 4 is 45.7 Å². The third kappa shape index (κ3) is 10.6. The number of pyridine rings is 1. The Bertz CT molecular complexity index is 2610. The number of benzene rings is 1. The van der Waals surface area contributed by atoms with Gasteiger partial charge in [0, 0.05) is 104 Å². The van der Waals surface area contributed by atoms with Crippen molar-refractivity contribution < 1.29 is 42.5 Å². The SMILES string of the molecule is CCO[C@@H]1c2nc(cs2)-c2ccc3c(c2)c(c(-c2cc(N4CCN(C5CC5)CC4)cnc2[C@H](C)OC)n3CCO[C@H]2CCOC[C@H]2F)CC(C)(C)COC(=O)[C@@H]2CCCN(N2)C(=O)[C@H]1NC(=O)C1[C@@H](C)[C@H]1C. The van der Waals surface area contributed by atoms with E-state index in [0.717, 1.165) is 70.8 Å². The van der Waals surface area contributed by atoms with E-state index in [1.54, 1.807) is 7.11 Å². The number of anilines is 1. The number of ether oxygens (including phenoxy) is 5. The highest BCUT2D eigenvalue weighted by Crippen LogP contribution is 2.46. The summed E-state index contributed by atoms with van der Waals surface area (Å²) in [4.78, 5) is 58.3. The molecule has 3 aromatic heterocycles. The minimum Gasteiger partial charge on any atom is -0.464 e. The normalized spacial score (nSPS) is 28.7. The monoisotopic (exact) mass is 1010 g/mol.